The predicted octanol–water partition coefficient (Wildman–Crippen LogP) is 4.68. The smallest absolute Gasteiger partial charge is 0.180 e. The van der Waals surface area contributed by atoms with Crippen LogP contribution in [0.3, 0.4) is 0 Å². The first-order chi connectivity index (χ1) is 13.7. The third-order valence-corrected chi connectivity index (χ3v) is 4.20. The molecule has 0 aliphatic carbocycles. The van der Waals surface area contributed by atoms with Crippen molar-refractivity contribution in [3.05, 3.63) is 52.1 Å². The van der Waals surface area contributed by atoms with E-state index in [0.29, 0.717) is 46.0 Å². The summed E-state index contributed by atoms with van der Waals surface area (Å²) in [6, 6.07) is 7.17. The number of ketones is 1. The summed E-state index contributed by atoms with van der Waals surface area (Å²) in [4.78, 5) is 21.0. The molecule has 2 rings (SSSR count). The van der Waals surface area contributed by atoms with Crippen LogP contribution in [-0.2, 0) is 4.79 Å². The molecule has 29 heavy (non-hydrogen) atoms. The van der Waals surface area contributed by atoms with Crippen LogP contribution in [0.1, 0.15) is 42.5 Å². The molecule has 152 valence electrons. The summed E-state index contributed by atoms with van der Waals surface area (Å²) in [5.74, 6) is -0.00995. The van der Waals surface area contributed by atoms with Crippen LogP contribution in [0.15, 0.2) is 24.3 Å². The zero-order valence-electron chi connectivity index (χ0n) is 17.2. The highest BCUT2D eigenvalue weighted by Crippen LogP contribution is 2.37. The van der Waals surface area contributed by atoms with Crippen molar-refractivity contribution in [2.45, 2.75) is 33.6 Å². The fourth-order valence-corrected chi connectivity index (χ4v) is 2.91. The van der Waals surface area contributed by atoms with Crippen molar-refractivity contribution >= 4 is 23.5 Å². The number of ether oxygens (including phenoxy) is 2. The molecule has 0 aliphatic heterocycles. The van der Waals surface area contributed by atoms with Crippen LogP contribution in [0.2, 0.25) is 5.02 Å². The summed E-state index contributed by atoms with van der Waals surface area (Å²) in [7, 11) is 1.52. The molecular weight excluding hydrogens is 390 g/mol. The van der Waals surface area contributed by atoms with Gasteiger partial charge in [0.25, 0.3) is 0 Å². The van der Waals surface area contributed by atoms with E-state index in [-0.39, 0.29) is 5.82 Å². The molecule has 0 aliphatic rings. The monoisotopic (exact) mass is 413 g/mol. The second-order valence-corrected chi connectivity index (χ2v) is 7.45. The van der Waals surface area contributed by atoms with E-state index in [1.807, 2.05) is 19.9 Å². The summed E-state index contributed by atoms with van der Waals surface area (Å²) in [6.07, 6.45) is 2.91. The zero-order valence-corrected chi connectivity index (χ0v) is 17.9. The summed E-state index contributed by atoms with van der Waals surface area (Å²) < 4.78 is 11.1. The van der Waals surface area contributed by atoms with Crippen molar-refractivity contribution in [3.8, 4) is 17.6 Å². The van der Waals surface area contributed by atoms with E-state index >= 15 is 0 Å². The van der Waals surface area contributed by atoms with E-state index in [4.69, 9.17) is 21.1 Å². The van der Waals surface area contributed by atoms with E-state index in [1.54, 1.807) is 38.1 Å². The Morgan fingerprint density at radius 1 is 1.24 bits per heavy atom. The first-order valence-electron chi connectivity index (χ1n) is 9.19. The number of aryl methyl sites for hydroxylation is 2. The van der Waals surface area contributed by atoms with Gasteiger partial charge in [0.05, 0.1) is 24.8 Å². The maximum absolute atomic E-state index is 12.6. The fraction of sp³-hybridized carbons (Fsp3) is 0.364. The van der Waals surface area contributed by atoms with Crippen LogP contribution < -0.4 is 9.47 Å². The number of carbonyl (C=O) groups excluding carboxylic acids is 1. The summed E-state index contributed by atoms with van der Waals surface area (Å²) in [5, 5.41) is 9.83. The van der Waals surface area contributed by atoms with E-state index in [1.165, 1.54) is 13.2 Å². The number of halogens is 1. The molecule has 0 radical (unpaired) electrons. The van der Waals surface area contributed by atoms with Crippen LogP contribution in [0.5, 0.6) is 11.5 Å². The van der Waals surface area contributed by atoms with Gasteiger partial charge >= 0.3 is 0 Å². The maximum Gasteiger partial charge on any atom is 0.180 e. The van der Waals surface area contributed by atoms with Gasteiger partial charge in [-0.3, -0.25) is 4.79 Å². The van der Waals surface area contributed by atoms with Gasteiger partial charge in [0.15, 0.2) is 29.0 Å². The molecule has 7 heteroatoms. The summed E-state index contributed by atoms with van der Waals surface area (Å²) in [5.41, 5.74) is 2.06. The molecule has 0 fully saturated rings. The maximum atomic E-state index is 12.6. The van der Waals surface area contributed by atoms with Crippen LogP contribution in [0.25, 0.3) is 6.08 Å². The second-order valence-electron chi connectivity index (χ2n) is 7.05. The van der Waals surface area contributed by atoms with Gasteiger partial charge in [-0.05, 0) is 49.6 Å². The number of hydrogen-bond donors (Lipinski definition) is 0. The molecule has 0 amide bonds. The minimum Gasteiger partial charge on any atom is -0.493 e. The highest BCUT2D eigenvalue weighted by atomic mass is 35.5. The molecule has 0 saturated carbocycles. The number of carbonyl (C=O) groups is 1. The Balaban J connectivity index is 2.26. The van der Waals surface area contributed by atoms with Crippen molar-refractivity contribution in [2.24, 2.45) is 5.92 Å². The van der Waals surface area contributed by atoms with Crippen molar-refractivity contribution in [2.75, 3.05) is 13.7 Å². The molecule has 0 saturated heterocycles. The number of benzene rings is 1. The van der Waals surface area contributed by atoms with Crippen molar-refractivity contribution in [3.63, 3.8) is 0 Å². The highest BCUT2D eigenvalue weighted by Gasteiger charge is 2.21. The molecule has 2 aromatic rings. The molecule has 1 heterocycles. The molecule has 1 aromatic carbocycles. The molecule has 1 atom stereocenters. The average Bonchev–Trinajstić information content (AvgIpc) is 2.64. The molecule has 1 aromatic heterocycles. The fourth-order valence-electron chi connectivity index (χ4n) is 2.63. The molecule has 0 bridgehead atoms. The van der Waals surface area contributed by atoms with Gasteiger partial charge < -0.3 is 9.47 Å². The average molecular weight is 414 g/mol. The van der Waals surface area contributed by atoms with E-state index in [0.717, 1.165) is 0 Å². The highest BCUT2D eigenvalue weighted by molar-refractivity contribution is 6.32. The van der Waals surface area contributed by atoms with Gasteiger partial charge in [-0.2, -0.15) is 5.26 Å². The Morgan fingerprint density at radius 3 is 2.45 bits per heavy atom. The first kappa shape index (κ1) is 22.4. The topological polar surface area (TPSA) is 85.1 Å². The van der Waals surface area contributed by atoms with Gasteiger partial charge in [-0.25, -0.2) is 9.97 Å². The zero-order chi connectivity index (χ0) is 21.6. The van der Waals surface area contributed by atoms with E-state index < -0.39 is 11.7 Å². The SMILES string of the molecule is COc1cc(/C=C/C(=O)C(C#N)c2nc(C)cc(C)n2)cc(Cl)c1OCC(C)C. The molecular formula is C22H24ClN3O3. The lowest BCUT2D eigenvalue weighted by Crippen LogP contribution is -2.13. The molecule has 0 N–H and O–H groups in total. The van der Waals surface area contributed by atoms with Gasteiger partial charge in [-0.15, -0.1) is 0 Å². The molecule has 6 nitrogen and oxygen atoms in total. The lowest BCUT2D eigenvalue weighted by atomic mass is 10.0. The first-order valence-corrected chi connectivity index (χ1v) is 9.57. The number of nitriles is 1. The van der Waals surface area contributed by atoms with Gasteiger partial charge in [0.1, 0.15) is 0 Å². The molecule has 1 unspecified atom stereocenters. The largest absolute Gasteiger partial charge is 0.493 e. The van der Waals surface area contributed by atoms with Gasteiger partial charge in [0, 0.05) is 11.4 Å². The lowest BCUT2D eigenvalue weighted by molar-refractivity contribution is -0.114. The normalized spacial score (nSPS) is 12.1. The Labute approximate surface area is 176 Å². The Hall–Kier alpha value is -2.91. The number of allylic oxidation sites excluding steroid dienone is 1. The van der Waals surface area contributed by atoms with Crippen LogP contribution in [-0.4, -0.2) is 29.5 Å². The number of hydrogen-bond acceptors (Lipinski definition) is 6. The van der Waals surface area contributed by atoms with Crippen LogP contribution in [0.4, 0.5) is 0 Å². The van der Waals surface area contributed by atoms with E-state index in [2.05, 4.69) is 9.97 Å². The Kier molecular flexibility index (Phi) is 7.74. The van der Waals surface area contributed by atoms with Crippen molar-refractivity contribution < 1.29 is 14.3 Å². The minimum absolute atomic E-state index is 0.202. The second kappa shape index (κ2) is 10.0. The number of methoxy groups -OCH3 is 1. The molecule has 0 spiro atoms. The quantitative estimate of drug-likeness (QED) is 0.584. The number of nitrogens with zero attached hydrogens (tertiary/aromatic N) is 3. The van der Waals surface area contributed by atoms with Gasteiger partial charge in [0.2, 0.25) is 0 Å². The third-order valence-electron chi connectivity index (χ3n) is 3.92. The summed E-state index contributed by atoms with van der Waals surface area (Å²) in [6.45, 7) is 8.17. The van der Waals surface area contributed by atoms with Gasteiger partial charge in [-0.1, -0.05) is 31.5 Å². The van der Waals surface area contributed by atoms with Crippen molar-refractivity contribution in [1.29, 1.82) is 5.26 Å². The number of rotatable bonds is 8. The lowest BCUT2D eigenvalue weighted by Gasteiger charge is -2.14. The Morgan fingerprint density at radius 2 is 1.90 bits per heavy atom. The third kappa shape index (κ3) is 6.03. The van der Waals surface area contributed by atoms with E-state index in [9.17, 15) is 10.1 Å². The summed E-state index contributed by atoms with van der Waals surface area (Å²) >= 11 is 6.34. The van der Waals surface area contributed by atoms with Crippen molar-refractivity contribution in [1.82, 2.24) is 9.97 Å². The standard InChI is InChI=1S/C22H24ClN3O3/c1-13(2)12-29-21-18(23)9-16(10-20(21)28-5)6-7-19(27)17(11-24)22-25-14(3)8-15(4)26-22/h6-10,13,17H,12H2,1-5H3/b7-6+. The Bertz CT molecular complexity index is 944. The predicted molar refractivity (Wildman–Crippen MR) is 112 cm³/mol. The minimum atomic E-state index is -1.07. The van der Waals surface area contributed by atoms with Crippen LogP contribution >= 0.6 is 11.6 Å². The number of aromatic nitrogens is 2. The van der Waals surface area contributed by atoms with Crippen LogP contribution in [0, 0.1) is 31.1 Å².